The quantitative estimate of drug-likeness (QED) is 0.798. The van der Waals surface area contributed by atoms with Gasteiger partial charge in [0.25, 0.3) is 5.91 Å². The molecule has 26 heavy (non-hydrogen) atoms. The highest BCUT2D eigenvalue weighted by Gasteiger charge is 2.17. The van der Waals surface area contributed by atoms with Crippen molar-refractivity contribution in [3.05, 3.63) is 58.6 Å². The number of carbonyl (C=O) groups excluding carboxylic acids is 1. The van der Waals surface area contributed by atoms with E-state index in [4.69, 9.17) is 25.8 Å². The predicted molar refractivity (Wildman–Crippen MR) is 100 cm³/mol. The first-order valence-electron chi connectivity index (χ1n) is 8.61. The molecule has 1 aliphatic heterocycles. The molecule has 1 aliphatic rings. The summed E-state index contributed by atoms with van der Waals surface area (Å²) in [5.41, 5.74) is 1.35. The Morgan fingerprint density at radius 3 is 2.92 bits per heavy atom. The number of rotatable bonds is 7. The van der Waals surface area contributed by atoms with Gasteiger partial charge in [0.2, 0.25) is 0 Å². The molecular formula is C20H22ClNO4. The molecule has 1 heterocycles. The highest BCUT2D eigenvalue weighted by Crippen LogP contribution is 2.24. The van der Waals surface area contributed by atoms with E-state index < -0.39 is 0 Å². The molecule has 0 unspecified atom stereocenters. The van der Waals surface area contributed by atoms with Gasteiger partial charge in [-0.05, 0) is 49.2 Å². The van der Waals surface area contributed by atoms with E-state index in [1.807, 2.05) is 12.1 Å². The highest BCUT2D eigenvalue weighted by atomic mass is 35.5. The number of carbonyl (C=O) groups is 1. The lowest BCUT2D eigenvalue weighted by molar-refractivity contribution is 0.0857. The minimum absolute atomic E-state index is 0.114. The second kappa shape index (κ2) is 8.92. The highest BCUT2D eigenvalue weighted by molar-refractivity contribution is 6.30. The molecule has 1 fully saturated rings. The van der Waals surface area contributed by atoms with Crippen LogP contribution in [-0.4, -0.2) is 32.3 Å². The molecule has 1 atom stereocenters. The van der Waals surface area contributed by atoms with Gasteiger partial charge in [0.15, 0.2) is 0 Å². The van der Waals surface area contributed by atoms with Crippen LogP contribution in [0.1, 0.15) is 28.8 Å². The first-order chi connectivity index (χ1) is 12.7. The lowest BCUT2D eigenvalue weighted by Gasteiger charge is -2.14. The molecule has 1 N–H and O–H groups in total. The van der Waals surface area contributed by atoms with Gasteiger partial charge in [-0.2, -0.15) is 0 Å². The van der Waals surface area contributed by atoms with Gasteiger partial charge >= 0.3 is 0 Å². The number of benzene rings is 2. The van der Waals surface area contributed by atoms with Crippen LogP contribution in [0.5, 0.6) is 11.5 Å². The fourth-order valence-electron chi connectivity index (χ4n) is 2.86. The fourth-order valence-corrected chi connectivity index (χ4v) is 3.04. The lowest BCUT2D eigenvalue weighted by atomic mass is 10.1. The molecule has 6 heteroatoms. The maximum atomic E-state index is 12.4. The van der Waals surface area contributed by atoms with Crippen LogP contribution in [0.15, 0.2) is 42.5 Å². The topological polar surface area (TPSA) is 56.8 Å². The summed E-state index contributed by atoms with van der Waals surface area (Å²) in [5, 5.41) is 3.53. The molecule has 5 nitrogen and oxygen atoms in total. The molecular weight excluding hydrogens is 354 g/mol. The standard InChI is InChI=1S/C20H22ClNO4/c1-24-19-8-7-14(20(23)22-12-18-6-3-9-25-18)10-15(19)13-26-17-5-2-4-16(21)11-17/h2,4-5,7-8,10-11,18H,3,6,9,12-13H2,1H3,(H,22,23)/t18-/m1/s1. The molecule has 0 aromatic heterocycles. The molecule has 2 aromatic carbocycles. The van der Waals surface area contributed by atoms with Crippen molar-refractivity contribution >= 4 is 17.5 Å². The van der Waals surface area contributed by atoms with E-state index >= 15 is 0 Å². The van der Waals surface area contributed by atoms with Gasteiger partial charge < -0.3 is 19.5 Å². The smallest absolute Gasteiger partial charge is 0.251 e. The third kappa shape index (κ3) is 4.90. The van der Waals surface area contributed by atoms with Crippen LogP contribution < -0.4 is 14.8 Å². The summed E-state index contributed by atoms with van der Waals surface area (Å²) in [4.78, 5) is 12.4. The minimum Gasteiger partial charge on any atom is -0.496 e. The van der Waals surface area contributed by atoms with E-state index in [1.54, 1.807) is 37.4 Å². The van der Waals surface area contributed by atoms with Gasteiger partial charge in [0.05, 0.1) is 13.2 Å². The van der Waals surface area contributed by atoms with Gasteiger partial charge in [0, 0.05) is 29.3 Å². The Kier molecular flexibility index (Phi) is 6.36. The van der Waals surface area contributed by atoms with E-state index in [2.05, 4.69) is 5.32 Å². The maximum absolute atomic E-state index is 12.4. The Morgan fingerprint density at radius 2 is 2.19 bits per heavy atom. The largest absolute Gasteiger partial charge is 0.496 e. The lowest BCUT2D eigenvalue weighted by Crippen LogP contribution is -2.31. The third-order valence-electron chi connectivity index (χ3n) is 4.25. The molecule has 138 valence electrons. The van der Waals surface area contributed by atoms with Gasteiger partial charge in [-0.25, -0.2) is 0 Å². The van der Waals surface area contributed by atoms with Crippen LogP contribution in [0.25, 0.3) is 0 Å². The van der Waals surface area contributed by atoms with Gasteiger partial charge in [-0.1, -0.05) is 17.7 Å². The molecule has 1 amide bonds. The van der Waals surface area contributed by atoms with Crippen molar-refractivity contribution in [2.24, 2.45) is 0 Å². The van der Waals surface area contributed by atoms with Crippen molar-refractivity contribution in [2.75, 3.05) is 20.3 Å². The first kappa shape index (κ1) is 18.5. The molecule has 0 spiro atoms. The fraction of sp³-hybridized carbons (Fsp3) is 0.350. The van der Waals surface area contributed by atoms with Crippen molar-refractivity contribution < 1.29 is 19.0 Å². The molecule has 1 saturated heterocycles. The second-order valence-electron chi connectivity index (χ2n) is 6.12. The Hall–Kier alpha value is -2.24. The van der Waals surface area contributed by atoms with E-state index in [1.165, 1.54) is 0 Å². The normalized spacial score (nSPS) is 16.3. The van der Waals surface area contributed by atoms with Crippen LogP contribution in [0, 0.1) is 0 Å². The maximum Gasteiger partial charge on any atom is 0.251 e. The van der Waals surface area contributed by atoms with Gasteiger partial charge in [-0.3, -0.25) is 4.79 Å². The number of methoxy groups -OCH3 is 1. The predicted octanol–water partition coefficient (Wildman–Crippen LogP) is 3.84. The van der Waals surface area contributed by atoms with Crippen molar-refractivity contribution in [2.45, 2.75) is 25.6 Å². The molecule has 0 saturated carbocycles. The minimum atomic E-state index is -0.132. The zero-order valence-electron chi connectivity index (χ0n) is 14.7. The van der Waals surface area contributed by atoms with Gasteiger partial charge in [0.1, 0.15) is 18.1 Å². The second-order valence-corrected chi connectivity index (χ2v) is 6.55. The Bertz CT molecular complexity index is 759. The molecule has 3 rings (SSSR count). The van der Waals surface area contributed by atoms with Crippen LogP contribution in [-0.2, 0) is 11.3 Å². The number of hydrogen-bond donors (Lipinski definition) is 1. The number of hydrogen-bond acceptors (Lipinski definition) is 4. The molecule has 0 aliphatic carbocycles. The Balaban J connectivity index is 1.66. The molecule has 2 aromatic rings. The van der Waals surface area contributed by atoms with Crippen molar-refractivity contribution in [3.63, 3.8) is 0 Å². The Morgan fingerprint density at radius 1 is 1.31 bits per heavy atom. The summed E-state index contributed by atoms with van der Waals surface area (Å²) in [6.07, 6.45) is 2.15. The van der Waals surface area contributed by atoms with Crippen molar-refractivity contribution in [1.82, 2.24) is 5.32 Å². The van der Waals surface area contributed by atoms with Crippen LogP contribution >= 0.6 is 11.6 Å². The zero-order chi connectivity index (χ0) is 18.4. The summed E-state index contributed by atoms with van der Waals surface area (Å²) in [5.74, 6) is 1.20. The van der Waals surface area contributed by atoms with E-state index in [-0.39, 0.29) is 18.6 Å². The van der Waals surface area contributed by atoms with Crippen LogP contribution in [0.2, 0.25) is 5.02 Å². The summed E-state index contributed by atoms with van der Waals surface area (Å²) >= 11 is 5.97. The average Bonchev–Trinajstić information content (AvgIpc) is 3.18. The number of amides is 1. The van der Waals surface area contributed by atoms with Crippen molar-refractivity contribution in [1.29, 1.82) is 0 Å². The summed E-state index contributed by atoms with van der Waals surface area (Å²) in [6, 6.07) is 12.5. The zero-order valence-corrected chi connectivity index (χ0v) is 15.4. The number of ether oxygens (including phenoxy) is 3. The molecule has 0 radical (unpaired) electrons. The summed E-state index contributed by atoms with van der Waals surface area (Å²) < 4.78 is 16.7. The van der Waals surface area contributed by atoms with E-state index in [0.29, 0.717) is 28.6 Å². The van der Waals surface area contributed by atoms with Crippen molar-refractivity contribution in [3.8, 4) is 11.5 Å². The third-order valence-corrected chi connectivity index (χ3v) is 4.48. The van der Waals surface area contributed by atoms with E-state index in [0.717, 1.165) is 25.0 Å². The SMILES string of the molecule is COc1ccc(C(=O)NC[C@H]2CCCO2)cc1COc1cccc(Cl)c1. The summed E-state index contributed by atoms with van der Waals surface area (Å²) in [6.45, 7) is 1.57. The number of halogens is 1. The summed E-state index contributed by atoms with van der Waals surface area (Å²) in [7, 11) is 1.59. The first-order valence-corrected chi connectivity index (χ1v) is 8.98. The Labute approximate surface area is 158 Å². The monoisotopic (exact) mass is 375 g/mol. The van der Waals surface area contributed by atoms with E-state index in [9.17, 15) is 4.79 Å². The molecule has 0 bridgehead atoms. The number of nitrogens with one attached hydrogen (secondary N) is 1. The van der Waals surface area contributed by atoms with Gasteiger partial charge in [-0.15, -0.1) is 0 Å². The average molecular weight is 376 g/mol. The van der Waals surface area contributed by atoms with Crippen LogP contribution in [0.3, 0.4) is 0 Å². The van der Waals surface area contributed by atoms with Crippen LogP contribution in [0.4, 0.5) is 0 Å².